The van der Waals surface area contributed by atoms with Crippen molar-refractivity contribution in [3.05, 3.63) is 205 Å². The average molecular weight is 812 g/mol. The molecule has 5 heteroatoms. The third-order valence-corrected chi connectivity index (χ3v) is 14.0. The van der Waals surface area contributed by atoms with Crippen LogP contribution >= 0.6 is 11.3 Å². The fraction of sp³-hybridized carbons (Fsp3) is 0.0526. The number of aromatic nitrogens is 1. The van der Waals surface area contributed by atoms with Gasteiger partial charge in [-0.25, -0.2) is 9.98 Å². The van der Waals surface area contributed by atoms with Gasteiger partial charge in [-0.2, -0.15) is 0 Å². The molecule has 12 aromatic rings. The van der Waals surface area contributed by atoms with Crippen LogP contribution in [-0.4, -0.2) is 16.1 Å². The Hall–Kier alpha value is -7.60. The summed E-state index contributed by atoms with van der Waals surface area (Å²) in [6.45, 7) is 2.30. The van der Waals surface area contributed by atoms with E-state index in [1.54, 1.807) is 0 Å². The molecule has 1 unspecified atom stereocenters. The lowest BCUT2D eigenvalue weighted by Gasteiger charge is -2.20. The summed E-state index contributed by atoms with van der Waals surface area (Å²) in [4.78, 5) is 11.4. The molecule has 62 heavy (non-hydrogen) atoms. The van der Waals surface area contributed by atoms with Crippen LogP contribution in [-0.2, 0) is 0 Å². The van der Waals surface area contributed by atoms with Crippen molar-refractivity contribution in [1.29, 1.82) is 0 Å². The summed E-state index contributed by atoms with van der Waals surface area (Å²) in [5.74, 6) is 0.771. The molecule has 1 aliphatic heterocycles. The molecule has 0 radical (unpaired) electrons. The minimum absolute atomic E-state index is 0.107. The van der Waals surface area contributed by atoms with Crippen molar-refractivity contribution in [3.63, 3.8) is 0 Å². The van der Waals surface area contributed by atoms with Crippen LogP contribution in [0.5, 0.6) is 0 Å². The normalized spacial score (nSPS) is 15.8. The van der Waals surface area contributed by atoms with E-state index in [2.05, 4.69) is 193 Å². The van der Waals surface area contributed by atoms with Gasteiger partial charge in [0.2, 0.25) is 0 Å². The van der Waals surface area contributed by atoms with Crippen LogP contribution < -0.4 is 0 Å². The molecule has 4 heterocycles. The highest BCUT2D eigenvalue weighted by atomic mass is 32.1. The molecule has 4 nitrogen and oxygen atoms in total. The predicted octanol–water partition coefficient (Wildman–Crippen LogP) is 15.7. The van der Waals surface area contributed by atoms with Gasteiger partial charge in [0, 0.05) is 64.3 Å². The number of benzene rings is 9. The molecule has 1 aliphatic rings. The Kier molecular flexibility index (Phi) is 7.78. The molecule has 1 atom stereocenters. The van der Waals surface area contributed by atoms with Crippen molar-refractivity contribution in [3.8, 4) is 5.69 Å². The highest BCUT2D eigenvalue weighted by molar-refractivity contribution is 7.25. The van der Waals surface area contributed by atoms with E-state index in [0.717, 1.165) is 73.2 Å². The number of para-hydroxylation sites is 2. The molecule has 0 saturated heterocycles. The number of hydrogen-bond acceptors (Lipinski definition) is 4. The first kappa shape index (κ1) is 35.2. The first-order chi connectivity index (χ1) is 30.6. The highest BCUT2D eigenvalue weighted by Gasteiger charge is 2.25. The van der Waals surface area contributed by atoms with E-state index in [-0.39, 0.29) is 5.92 Å². The minimum atomic E-state index is 0.107. The summed E-state index contributed by atoms with van der Waals surface area (Å²) in [6, 6.07) is 65.4. The molecular weight excluding hydrogens is 775 g/mol. The Bertz CT molecular complexity index is 3930. The van der Waals surface area contributed by atoms with Crippen molar-refractivity contribution >= 4 is 114 Å². The standard InChI is InChI=1S/C57H37N3OS/c1-34-25-28-47(38-26-30-53-46(32-38)41-19-8-11-24-52(41)62-53)58-57(59-55(34)42-21-12-16-35-13-4-5-17-39(35)42)44-27-29-49(56-54(44)43-20-7-10-23-51(43)61-56)60-48-22-9-6-18-40(48)45-31-36-14-2-3-15-37(36)33-50(45)60/h2-24,26-34H,25H2,1H3/b47-28+,58-57?,59-55?. The fourth-order valence-electron chi connectivity index (χ4n) is 9.86. The summed E-state index contributed by atoms with van der Waals surface area (Å²) >= 11 is 1.84. The smallest absolute Gasteiger partial charge is 0.160 e. The minimum Gasteiger partial charge on any atom is -0.454 e. The number of furan rings is 1. The first-order valence-corrected chi connectivity index (χ1v) is 22.1. The number of nitrogens with zero attached hydrogens (tertiary/aromatic N) is 3. The molecule has 3 aromatic heterocycles. The van der Waals surface area contributed by atoms with Crippen LogP contribution in [0.1, 0.15) is 30.0 Å². The number of fused-ring (bicyclic) bond motifs is 11. The van der Waals surface area contributed by atoms with E-state index in [0.29, 0.717) is 5.84 Å². The number of aliphatic imine (C=N–C) groups is 2. The molecule has 0 fully saturated rings. The molecule has 0 N–H and O–H groups in total. The van der Waals surface area contributed by atoms with E-state index in [1.807, 2.05) is 17.4 Å². The lowest BCUT2D eigenvalue weighted by molar-refractivity contribution is 0.666. The zero-order valence-electron chi connectivity index (χ0n) is 33.8. The lowest BCUT2D eigenvalue weighted by Crippen LogP contribution is -2.17. The van der Waals surface area contributed by atoms with Crippen molar-refractivity contribution in [2.75, 3.05) is 0 Å². The van der Waals surface area contributed by atoms with Crippen molar-refractivity contribution in [2.24, 2.45) is 15.9 Å². The molecule has 9 aromatic carbocycles. The SMILES string of the molecule is CC1C/C=C(\c2ccc3sc4ccccc4c3c2)N=C(c2ccc(-n3c4ccccc4c4cc5ccccc5cc43)c3oc4ccccc4c23)N=C1c1cccc2ccccc12. The van der Waals surface area contributed by atoms with Crippen molar-refractivity contribution in [1.82, 2.24) is 4.57 Å². The van der Waals surface area contributed by atoms with Gasteiger partial charge in [0.25, 0.3) is 0 Å². The number of thiophene rings is 1. The Morgan fingerprint density at radius 2 is 1.24 bits per heavy atom. The van der Waals surface area contributed by atoms with Crippen LogP contribution in [0.25, 0.3) is 96.8 Å². The van der Waals surface area contributed by atoms with Gasteiger partial charge in [-0.1, -0.05) is 140 Å². The first-order valence-electron chi connectivity index (χ1n) is 21.3. The van der Waals surface area contributed by atoms with Crippen LogP contribution in [0.2, 0.25) is 0 Å². The molecule has 0 spiro atoms. The maximum absolute atomic E-state index is 7.02. The van der Waals surface area contributed by atoms with Crippen LogP contribution in [0.4, 0.5) is 0 Å². The third-order valence-electron chi connectivity index (χ3n) is 12.8. The highest BCUT2D eigenvalue weighted by Crippen LogP contribution is 2.42. The molecule has 292 valence electrons. The fourth-order valence-corrected chi connectivity index (χ4v) is 10.9. The van der Waals surface area contributed by atoms with Crippen LogP contribution in [0.15, 0.2) is 202 Å². The zero-order chi connectivity index (χ0) is 40.9. The summed E-state index contributed by atoms with van der Waals surface area (Å²) in [5.41, 5.74) is 9.95. The Morgan fingerprint density at radius 3 is 2.13 bits per heavy atom. The summed E-state index contributed by atoms with van der Waals surface area (Å²) in [6.07, 6.45) is 3.11. The van der Waals surface area contributed by atoms with Gasteiger partial charge in [0.1, 0.15) is 5.58 Å². The second-order valence-corrected chi connectivity index (χ2v) is 17.6. The number of rotatable bonds is 4. The zero-order valence-corrected chi connectivity index (χ0v) is 34.7. The lowest BCUT2D eigenvalue weighted by atomic mass is 9.90. The second kappa shape index (κ2) is 13.7. The number of hydrogen-bond donors (Lipinski definition) is 0. The number of allylic oxidation sites excluding steroid dienone is 1. The third kappa shape index (κ3) is 5.38. The topological polar surface area (TPSA) is 42.8 Å². The summed E-state index contributed by atoms with van der Waals surface area (Å²) < 4.78 is 12.0. The van der Waals surface area contributed by atoms with E-state index >= 15 is 0 Å². The molecule has 0 aliphatic carbocycles. The van der Waals surface area contributed by atoms with Gasteiger partial charge in [-0.3, -0.25) is 0 Å². The van der Waals surface area contributed by atoms with Gasteiger partial charge in [0.05, 0.1) is 28.1 Å². The van der Waals surface area contributed by atoms with Crippen LogP contribution in [0.3, 0.4) is 0 Å². The van der Waals surface area contributed by atoms with E-state index in [1.165, 1.54) is 52.5 Å². The Labute approximate surface area is 361 Å². The quantitative estimate of drug-likeness (QED) is 0.175. The summed E-state index contributed by atoms with van der Waals surface area (Å²) in [5, 5.41) is 11.8. The van der Waals surface area contributed by atoms with Gasteiger partial charge < -0.3 is 8.98 Å². The largest absolute Gasteiger partial charge is 0.454 e. The Balaban J connectivity index is 1.10. The molecule has 0 saturated carbocycles. The predicted molar refractivity (Wildman–Crippen MR) is 264 cm³/mol. The molecule has 0 amide bonds. The molecule has 13 rings (SSSR count). The van der Waals surface area contributed by atoms with E-state index in [9.17, 15) is 0 Å². The van der Waals surface area contributed by atoms with Gasteiger partial charge in [0.15, 0.2) is 11.4 Å². The van der Waals surface area contributed by atoms with E-state index in [4.69, 9.17) is 14.4 Å². The van der Waals surface area contributed by atoms with Crippen molar-refractivity contribution in [2.45, 2.75) is 13.3 Å². The van der Waals surface area contributed by atoms with Gasteiger partial charge in [-0.15, -0.1) is 11.3 Å². The van der Waals surface area contributed by atoms with Crippen LogP contribution in [0, 0.1) is 5.92 Å². The average Bonchev–Trinajstić information content (AvgIpc) is 3.99. The second-order valence-electron chi connectivity index (χ2n) is 16.5. The van der Waals surface area contributed by atoms with E-state index < -0.39 is 0 Å². The van der Waals surface area contributed by atoms with Gasteiger partial charge in [-0.05, 0) is 82.6 Å². The Morgan fingerprint density at radius 1 is 0.532 bits per heavy atom. The van der Waals surface area contributed by atoms with Gasteiger partial charge >= 0.3 is 0 Å². The summed E-state index contributed by atoms with van der Waals surface area (Å²) in [7, 11) is 0. The monoisotopic (exact) mass is 811 g/mol. The molecular formula is C57H37N3OS. The maximum atomic E-state index is 7.02. The maximum Gasteiger partial charge on any atom is 0.160 e. The molecule has 0 bridgehead atoms. The number of amidine groups is 1. The van der Waals surface area contributed by atoms with Crippen molar-refractivity contribution < 1.29 is 4.42 Å².